The fourth-order valence-electron chi connectivity index (χ4n) is 2.20. The zero-order valence-corrected chi connectivity index (χ0v) is 19.3. The van der Waals surface area contributed by atoms with Gasteiger partial charge in [-0.2, -0.15) is 4.89 Å². The molecule has 0 spiro atoms. The average Bonchev–Trinajstić information content (AvgIpc) is 2.49. The van der Waals surface area contributed by atoms with Gasteiger partial charge in [0, 0.05) is 0 Å². The molecule has 0 aromatic rings. The van der Waals surface area contributed by atoms with Crippen LogP contribution < -0.4 is 0 Å². The molecule has 0 fully saturated rings. The summed E-state index contributed by atoms with van der Waals surface area (Å²) >= 11 is 0. The first-order chi connectivity index (χ1) is 12.9. The monoisotopic (exact) mass is 438 g/mol. The Morgan fingerprint density at radius 1 is 0.821 bits per heavy atom. The van der Waals surface area contributed by atoms with Gasteiger partial charge in [0.2, 0.25) is 0 Å². The first kappa shape index (κ1) is 26.6. The van der Waals surface area contributed by atoms with E-state index in [-0.39, 0.29) is 31.8 Å². The Labute approximate surface area is 166 Å². The molecule has 0 atom stereocenters. The third-order valence-corrected chi connectivity index (χ3v) is 9.15. The maximum atomic E-state index is 11.6. The minimum atomic E-state index is -2.25. The smallest absolute Gasteiger partial charge is 0.349 e. The SMILES string of the molecule is COOC(=O)CC(=O)COC[Si](C)(C)O[Si](C)(C)COCOC(=O)CC(C)=O. The molecule has 0 saturated heterocycles. The van der Waals surface area contributed by atoms with Gasteiger partial charge in [-0.05, 0) is 33.1 Å². The Morgan fingerprint density at radius 3 is 1.93 bits per heavy atom. The highest BCUT2D eigenvalue weighted by atomic mass is 28.4. The van der Waals surface area contributed by atoms with Crippen molar-refractivity contribution in [3.8, 4) is 0 Å². The third kappa shape index (κ3) is 14.6. The fourth-order valence-corrected chi connectivity index (χ4v) is 9.82. The van der Waals surface area contributed by atoms with Crippen molar-refractivity contribution in [2.75, 3.05) is 33.0 Å². The lowest BCUT2D eigenvalue weighted by molar-refractivity contribution is -0.254. The van der Waals surface area contributed by atoms with Crippen molar-refractivity contribution in [2.24, 2.45) is 0 Å². The molecule has 0 aromatic heterocycles. The minimum Gasteiger partial charge on any atom is -0.453 e. The van der Waals surface area contributed by atoms with Crippen LogP contribution in [0.15, 0.2) is 0 Å². The zero-order chi connectivity index (χ0) is 21.8. The topological polar surface area (TPSA) is 124 Å². The van der Waals surface area contributed by atoms with Crippen LogP contribution in [0.5, 0.6) is 0 Å². The van der Waals surface area contributed by atoms with Gasteiger partial charge in [-0.15, -0.1) is 0 Å². The molecule has 0 N–H and O–H groups in total. The van der Waals surface area contributed by atoms with Gasteiger partial charge in [0.25, 0.3) is 0 Å². The van der Waals surface area contributed by atoms with Crippen LogP contribution in [0.2, 0.25) is 26.2 Å². The summed E-state index contributed by atoms with van der Waals surface area (Å²) in [6.07, 6.45) is -0.145. The van der Waals surface area contributed by atoms with Crippen molar-refractivity contribution < 1.29 is 47.3 Å². The second kappa shape index (κ2) is 12.9. The maximum Gasteiger partial charge on any atom is 0.349 e. The molecule has 0 radical (unpaired) electrons. The molecule has 0 rings (SSSR count). The number of Topliss-reactive ketones (excluding diaryl/α,β-unsaturated/α-hetero) is 2. The quantitative estimate of drug-likeness (QED) is 0.0697. The largest absolute Gasteiger partial charge is 0.453 e. The summed E-state index contributed by atoms with van der Waals surface area (Å²) in [5, 5.41) is 0. The third-order valence-electron chi connectivity index (χ3n) is 2.93. The van der Waals surface area contributed by atoms with Crippen LogP contribution in [-0.4, -0.2) is 73.1 Å². The standard InChI is InChI=1S/C16H30O10Si2/c1-13(17)7-15(19)24-10-23-12-28(5,6)26-27(3,4)11-22-9-14(18)8-16(20)25-21-2/h7-12H2,1-6H3. The van der Waals surface area contributed by atoms with Gasteiger partial charge < -0.3 is 18.3 Å². The van der Waals surface area contributed by atoms with Crippen molar-refractivity contribution in [1.82, 2.24) is 0 Å². The Balaban J connectivity index is 4.17. The Bertz CT molecular complexity index is 548. The number of ether oxygens (including phenoxy) is 3. The Morgan fingerprint density at radius 2 is 1.39 bits per heavy atom. The summed E-state index contributed by atoms with van der Waals surface area (Å²) in [7, 11) is -3.31. The molecule has 12 heteroatoms. The summed E-state index contributed by atoms with van der Waals surface area (Å²) in [5.74, 6) is -2.10. The van der Waals surface area contributed by atoms with Gasteiger partial charge >= 0.3 is 11.9 Å². The molecule has 10 nitrogen and oxygen atoms in total. The number of hydrogen-bond donors (Lipinski definition) is 0. The molecule has 0 saturated carbocycles. The van der Waals surface area contributed by atoms with E-state index in [0.29, 0.717) is 6.23 Å². The molecule has 162 valence electrons. The zero-order valence-electron chi connectivity index (χ0n) is 17.3. The van der Waals surface area contributed by atoms with Gasteiger partial charge in [-0.3, -0.25) is 19.3 Å². The second-order valence-electron chi connectivity index (χ2n) is 7.31. The molecule has 0 heterocycles. The summed E-state index contributed by atoms with van der Waals surface area (Å²) in [6.45, 7) is 8.63. The van der Waals surface area contributed by atoms with Gasteiger partial charge in [0.1, 0.15) is 25.2 Å². The number of carbonyl (C=O) groups excluding carboxylic acids is 4. The highest BCUT2D eigenvalue weighted by Crippen LogP contribution is 2.15. The van der Waals surface area contributed by atoms with Gasteiger partial charge in [0.15, 0.2) is 29.2 Å². The molecule has 0 bridgehead atoms. The van der Waals surface area contributed by atoms with E-state index in [2.05, 4.69) is 9.78 Å². The molecule has 0 aliphatic heterocycles. The molecule has 0 amide bonds. The number of hydrogen-bond acceptors (Lipinski definition) is 10. The lowest BCUT2D eigenvalue weighted by Gasteiger charge is -2.33. The summed E-state index contributed by atoms with van der Waals surface area (Å²) in [6, 6.07) is 0. The Hall–Kier alpha value is -1.45. The first-order valence-electron chi connectivity index (χ1n) is 8.63. The van der Waals surface area contributed by atoms with Crippen LogP contribution in [0, 0.1) is 0 Å². The van der Waals surface area contributed by atoms with Gasteiger partial charge in [-0.25, -0.2) is 4.79 Å². The van der Waals surface area contributed by atoms with E-state index < -0.39 is 40.8 Å². The molecular weight excluding hydrogens is 408 g/mol. The number of ketones is 2. The van der Waals surface area contributed by atoms with E-state index in [9.17, 15) is 19.2 Å². The van der Waals surface area contributed by atoms with E-state index in [0.717, 1.165) is 0 Å². The van der Waals surface area contributed by atoms with Gasteiger partial charge in [0.05, 0.1) is 19.6 Å². The van der Waals surface area contributed by atoms with Crippen LogP contribution >= 0.6 is 0 Å². The number of esters is 1. The van der Waals surface area contributed by atoms with Crippen molar-refractivity contribution in [2.45, 2.75) is 46.0 Å². The first-order valence-corrected chi connectivity index (χ1v) is 14.9. The molecule has 0 aliphatic rings. The van der Waals surface area contributed by atoms with Crippen LogP contribution in [0.1, 0.15) is 19.8 Å². The lowest BCUT2D eigenvalue weighted by Crippen LogP contribution is -2.50. The predicted molar refractivity (Wildman–Crippen MR) is 102 cm³/mol. The normalized spacial score (nSPS) is 11.8. The summed E-state index contributed by atoms with van der Waals surface area (Å²) < 4.78 is 21.8. The van der Waals surface area contributed by atoms with Crippen molar-refractivity contribution >= 4 is 40.1 Å². The molecule has 0 aromatic carbocycles. The van der Waals surface area contributed by atoms with Crippen LogP contribution in [0.4, 0.5) is 0 Å². The summed E-state index contributed by atoms with van der Waals surface area (Å²) in [5.41, 5.74) is 0. The highest BCUT2D eigenvalue weighted by molar-refractivity contribution is 6.84. The Kier molecular flexibility index (Phi) is 12.2. The lowest BCUT2D eigenvalue weighted by atomic mass is 10.3. The maximum absolute atomic E-state index is 11.6. The molecule has 0 unspecified atom stereocenters. The van der Waals surface area contributed by atoms with E-state index in [1.54, 1.807) is 0 Å². The van der Waals surface area contributed by atoms with Crippen LogP contribution in [-0.2, 0) is 47.3 Å². The van der Waals surface area contributed by atoms with Crippen molar-refractivity contribution in [1.29, 1.82) is 0 Å². The van der Waals surface area contributed by atoms with Gasteiger partial charge in [-0.1, -0.05) is 0 Å². The van der Waals surface area contributed by atoms with Crippen molar-refractivity contribution in [3.63, 3.8) is 0 Å². The van der Waals surface area contributed by atoms with E-state index in [1.165, 1.54) is 14.0 Å². The van der Waals surface area contributed by atoms with Crippen LogP contribution in [0.3, 0.4) is 0 Å². The van der Waals surface area contributed by atoms with E-state index in [4.69, 9.17) is 18.3 Å². The minimum absolute atomic E-state index is 0.219. The second-order valence-corrected chi connectivity index (χ2v) is 15.7. The van der Waals surface area contributed by atoms with E-state index >= 15 is 0 Å². The highest BCUT2D eigenvalue weighted by Gasteiger charge is 2.34. The number of rotatable bonds is 15. The fraction of sp³-hybridized carbons (Fsp3) is 0.750. The van der Waals surface area contributed by atoms with Crippen molar-refractivity contribution in [3.05, 3.63) is 0 Å². The summed E-state index contributed by atoms with van der Waals surface area (Å²) in [4.78, 5) is 53.2. The van der Waals surface area contributed by atoms with Crippen LogP contribution in [0.25, 0.3) is 0 Å². The predicted octanol–water partition coefficient (Wildman–Crippen LogP) is 1.07. The average molecular weight is 439 g/mol. The molecule has 0 aliphatic carbocycles. The van der Waals surface area contributed by atoms with E-state index in [1.807, 2.05) is 26.2 Å². The number of carbonyl (C=O) groups is 4. The molecule has 28 heavy (non-hydrogen) atoms. The molecular formula is C16H30O10Si2.